The summed E-state index contributed by atoms with van der Waals surface area (Å²) < 4.78 is 46.6. The Kier molecular flexibility index (Phi) is 6.22. The molecule has 10 heteroatoms. The van der Waals surface area contributed by atoms with Crippen molar-refractivity contribution in [1.82, 2.24) is 0 Å². The molecule has 0 aromatic carbocycles. The molecule has 0 saturated carbocycles. The van der Waals surface area contributed by atoms with Gasteiger partial charge in [0.25, 0.3) is 0 Å². The Morgan fingerprint density at radius 2 is 1.35 bits per heavy atom. The second-order valence-electron chi connectivity index (χ2n) is 10.1. The number of hydrogen-bond acceptors (Lipinski definition) is 10. The quantitative estimate of drug-likeness (QED) is 0.601. The van der Waals surface area contributed by atoms with Gasteiger partial charge in [-0.2, -0.15) is 0 Å². The number of aliphatic hydroxyl groups is 2. The molecule has 0 aliphatic carbocycles. The SMILES string of the molecule is CO[C@H]1O[C@H]([C@H](O)C[C@H](O)[C@H]2OC(C)(C)O[C@@H]2[C@H]2COC(C)(C)O2)[C@@H]2OC(C)(C)O[C@H]12. The molecular weight excluding hydrogens is 412 g/mol. The van der Waals surface area contributed by atoms with Crippen molar-refractivity contribution in [2.75, 3.05) is 13.7 Å². The van der Waals surface area contributed by atoms with Gasteiger partial charge in [-0.1, -0.05) is 0 Å². The van der Waals surface area contributed by atoms with Crippen LogP contribution in [0, 0.1) is 0 Å². The third-order valence-corrected chi connectivity index (χ3v) is 6.08. The van der Waals surface area contributed by atoms with Gasteiger partial charge in [0.2, 0.25) is 0 Å². The van der Waals surface area contributed by atoms with Gasteiger partial charge in [-0.05, 0) is 41.5 Å². The maximum absolute atomic E-state index is 11.0. The molecule has 4 heterocycles. The van der Waals surface area contributed by atoms with Crippen molar-refractivity contribution in [2.24, 2.45) is 0 Å². The fourth-order valence-corrected chi connectivity index (χ4v) is 4.89. The third-order valence-electron chi connectivity index (χ3n) is 6.08. The highest BCUT2D eigenvalue weighted by Crippen LogP contribution is 2.42. The highest BCUT2D eigenvalue weighted by atomic mass is 16.8. The first-order valence-electron chi connectivity index (χ1n) is 10.9. The minimum Gasteiger partial charge on any atom is -0.390 e. The van der Waals surface area contributed by atoms with Gasteiger partial charge in [0, 0.05) is 13.5 Å². The van der Waals surface area contributed by atoms with Crippen LogP contribution >= 0.6 is 0 Å². The molecule has 0 spiro atoms. The van der Waals surface area contributed by atoms with Crippen LogP contribution in [-0.4, -0.2) is 96.4 Å². The van der Waals surface area contributed by atoms with E-state index in [4.69, 9.17) is 37.9 Å². The summed E-state index contributed by atoms with van der Waals surface area (Å²) in [4.78, 5) is 0. The monoisotopic (exact) mass is 448 g/mol. The highest BCUT2D eigenvalue weighted by Gasteiger charge is 2.58. The summed E-state index contributed by atoms with van der Waals surface area (Å²) in [5.41, 5.74) is 0. The molecule has 0 aromatic heterocycles. The molecule has 10 nitrogen and oxygen atoms in total. The summed E-state index contributed by atoms with van der Waals surface area (Å²) in [6.45, 7) is 11.2. The first-order valence-corrected chi connectivity index (χ1v) is 10.9. The van der Waals surface area contributed by atoms with Crippen molar-refractivity contribution in [3.05, 3.63) is 0 Å². The summed E-state index contributed by atoms with van der Waals surface area (Å²) >= 11 is 0. The average Bonchev–Trinajstić information content (AvgIpc) is 3.34. The van der Waals surface area contributed by atoms with Gasteiger partial charge in [-0.15, -0.1) is 0 Å². The van der Waals surface area contributed by atoms with Crippen LogP contribution in [0.3, 0.4) is 0 Å². The van der Waals surface area contributed by atoms with Gasteiger partial charge in [-0.3, -0.25) is 0 Å². The molecule has 0 amide bonds. The summed E-state index contributed by atoms with van der Waals surface area (Å²) in [6, 6.07) is 0. The Labute approximate surface area is 183 Å². The maximum Gasteiger partial charge on any atom is 0.186 e. The zero-order chi connectivity index (χ0) is 22.8. The molecule has 4 rings (SSSR count). The van der Waals surface area contributed by atoms with Crippen molar-refractivity contribution in [2.45, 2.75) is 120 Å². The highest BCUT2D eigenvalue weighted by molar-refractivity contribution is 5.00. The third kappa shape index (κ3) is 4.79. The lowest BCUT2D eigenvalue weighted by atomic mass is 9.95. The Balaban J connectivity index is 1.43. The largest absolute Gasteiger partial charge is 0.390 e. The van der Waals surface area contributed by atoms with E-state index >= 15 is 0 Å². The van der Waals surface area contributed by atoms with E-state index in [2.05, 4.69) is 0 Å². The van der Waals surface area contributed by atoms with E-state index in [1.807, 2.05) is 13.8 Å². The predicted octanol–water partition coefficient (Wildman–Crippen LogP) is 0.661. The minimum atomic E-state index is -1.04. The lowest BCUT2D eigenvalue weighted by Gasteiger charge is -2.30. The van der Waals surface area contributed by atoms with E-state index in [0.717, 1.165) is 0 Å². The van der Waals surface area contributed by atoms with Gasteiger partial charge in [-0.25, -0.2) is 0 Å². The summed E-state index contributed by atoms with van der Waals surface area (Å²) in [5.74, 6) is -2.44. The number of fused-ring (bicyclic) bond motifs is 1. The molecule has 31 heavy (non-hydrogen) atoms. The van der Waals surface area contributed by atoms with Gasteiger partial charge in [0.1, 0.15) is 36.6 Å². The van der Waals surface area contributed by atoms with Gasteiger partial charge >= 0.3 is 0 Å². The second-order valence-corrected chi connectivity index (χ2v) is 10.1. The second kappa shape index (κ2) is 8.12. The molecule has 0 bridgehead atoms. The van der Waals surface area contributed by atoms with E-state index < -0.39 is 72.5 Å². The number of ether oxygens (including phenoxy) is 8. The zero-order valence-corrected chi connectivity index (χ0v) is 19.3. The topological polar surface area (TPSA) is 114 Å². The Hall–Kier alpha value is -0.400. The Bertz CT molecular complexity index is 652. The minimum absolute atomic E-state index is 0.00825. The number of hydrogen-bond donors (Lipinski definition) is 2. The number of rotatable bonds is 6. The normalized spacial score (nSPS) is 45.0. The molecule has 9 atom stereocenters. The van der Waals surface area contributed by atoms with E-state index in [1.54, 1.807) is 27.7 Å². The zero-order valence-electron chi connectivity index (χ0n) is 19.3. The predicted molar refractivity (Wildman–Crippen MR) is 105 cm³/mol. The first kappa shape index (κ1) is 23.7. The molecule has 4 saturated heterocycles. The summed E-state index contributed by atoms with van der Waals surface area (Å²) in [6.07, 6.45) is -6.08. The standard InChI is InChI=1S/C21H36O10/c1-19(2)25-9-12(27-19)15-14(28-20(3,4)29-15)11(23)8-10(22)13-16-17(18(24-7)26-13)31-21(5,6)30-16/h10-18,22-23H,8-9H2,1-7H3/t10-,11+,12-,13-,14-,15-,16+,17+,18+/m1/s1. The van der Waals surface area contributed by atoms with Crippen LogP contribution in [-0.2, 0) is 37.9 Å². The number of methoxy groups -OCH3 is 1. The molecular formula is C21H36O10. The van der Waals surface area contributed by atoms with Gasteiger partial charge in [0.05, 0.1) is 18.8 Å². The smallest absolute Gasteiger partial charge is 0.186 e. The van der Waals surface area contributed by atoms with Crippen LogP contribution in [0.15, 0.2) is 0 Å². The molecule has 0 radical (unpaired) electrons. The fraction of sp³-hybridized carbons (Fsp3) is 1.00. The molecule has 4 fully saturated rings. The van der Waals surface area contributed by atoms with E-state index in [0.29, 0.717) is 6.61 Å². The molecule has 0 aromatic rings. The van der Waals surface area contributed by atoms with Crippen LogP contribution in [0.2, 0.25) is 0 Å². The lowest BCUT2D eigenvalue weighted by molar-refractivity contribution is -0.238. The number of aliphatic hydroxyl groups excluding tert-OH is 2. The van der Waals surface area contributed by atoms with Gasteiger partial charge < -0.3 is 48.1 Å². The van der Waals surface area contributed by atoms with Crippen molar-refractivity contribution in [3.63, 3.8) is 0 Å². The molecule has 4 aliphatic heterocycles. The van der Waals surface area contributed by atoms with Crippen LogP contribution in [0.5, 0.6) is 0 Å². The van der Waals surface area contributed by atoms with Crippen LogP contribution in [0.25, 0.3) is 0 Å². The van der Waals surface area contributed by atoms with Crippen LogP contribution in [0.1, 0.15) is 48.0 Å². The van der Waals surface area contributed by atoms with E-state index in [9.17, 15) is 10.2 Å². The molecule has 2 N–H and O–H groups in total. The lowest BCUT2D eigenvalue weighted by Crippen LogP contribution is -2.47. The Morgan fingerprint density at radius 1 is 0.774 bits per heavy atom. The van der Waals surface area contributed by atoms with Crippen LogP contribution < -0.4 is 0 Å². The van der Waals surface area contributed by atoms with Crippen LogP contribution in [0.4, 0.5) is 0 Å². The first-order chi connectivity index (χ1) is 14.3. The Morgan fingerprint density at radius 3 is 1.97 bits per heavy atom. The summed E-state index contributed by atoms with van der Waals surface area (Å²) in [7, 11) is 1.52. The van der Waals surface area contributed by atoms with Gasteiger partial charge in [0.15, 0.2) is 23.7 Å². The average molecular weight is 449 g/mol. The van der Waals surface area contributed by atoms with Crippen molar-refractivity contribution in [1.29, 1.82) is 0 Å². The molecule has 0 unspecified atom stereocenters. The molecule has 180 valence electrons. The molecule has 4 aliphatic rings. The maximum atomic E-state index is 11.0. The summed E-state index contributed by atoms with van der Waals surface area (Å²) in [5, 5.41) is 22.0. The van der Waals surface area contributed by atoms with E-state index in [1.165, 1.54) is 7.11 Å². The van der Waals surface area contributed by atoms with Crippen molar-refractivity contribution in [3.8, 4) is 0 Å². The van der Waals surface area contributed by atoms with E-state index in [-0.39, 0.29) is 6.42 Å². The fourth-order valence-electron chi connectivity index (χ4n) is 4.89. The van der Waals surface area contributed by atoms with Crippen molar-refractivity contribution < 1.29 is 48.1 Å². The van der Waals surface area contributed by atoms with Crippen molar-refractivity contribution >= 4 is 0 Å².